The summed E-state index contributed by atoms with van der Waals surface area (Å²) in [6.07, 6.45) is 0. The lowest BCUT2D eigenvalue weighted by atomic mass is 10.1. The lowest BCUT2D eigenvalue weighted by Crippen LogP contribution is -2.28. The van der Waals surface area contributed by atoms with Crippen LogP contribution in [0.4, 0.5) is 5.69 Å². The molecule has 0 aliphatic rings. The van der Waals surface area contributed by atoms with Crippen LogP contribution in [0.2, 0.25) is 5.02 Å². The van der Waals surface area contributed by atoms with Crippen molar-refractivity contribution < 1.29 is 0 Å². The SMILES string of the molecule is CCN(CC(C)C#N)c1cc(Cl)ccc1CCl. The fourth-order valence-corrected chi connectivity index (χ4v) is 2.11. The number of alkyl halides is 1. The Labute approximate surface area is 113 Å². The topological polar surface area (TPSA) is 27.0 Å². The first-order valence-corrected chi connectivity index (χ1v) is 6.52. The second-order valence-corrected chi connectivity index (χ2v) is 4.68. The predicted octanol–water partition coefficient (Wildman–Crippen LogP) is 4.06. The first-order valence-electron chi connectivity index (χ1n) is 5.61. The average molecular weight is 271 g/mol. The van der Waals surface area contributed by atoms with Gasteiger partial charge in [0.2, 0.25) is 0 Å². The smallest absolute Gasteiger partial charge is 0.0671 e. The summed E-state index contributed by atoms with van der Waals surface area (Å²) < 4.78 is 0. The van der Waals surface area contributed by atoms with Crippen molar-refractivity contribution in [2.24, 2.45) is 5.92 Å². The van der Waals surface area contributed by atoms with Gasteiger partial charge in [-0.15, -0.1) is 11.6 Å². The lowest BCUT2D eigenvalue weighted by Gasteiger charge is -2.26. The zero-order valence-electron chi connectivity index (χ0n) is 10.1. The predicted molar refractivity (Wildman–Crippen MR) is 73.7 cm³/mol. The molecule has 0 aliphatic heterocycles. The molecular weight excluding hydrogens is 255 g/mol. The molecular formula is C13H16Cl2N2. The van der Waals surface area contributed by atoms with Crippen LogP contribution in [0.1, 0.15) is 19.4 Å². The Balaban J connectivity index is 3.02. The highest BCUT2D eigenvalue weighted by Crippen LogP contribution is 2.26. The van der Waals surface area contributed by atoms with Crippen molar-refractivity contribution in [2.75, 3.05) is 18.0 Å². The van der Waals surface area contributed by atoms with E-state index in [1.54, 1.807) is 0 Å². The molecule has 0 amide bonds. The quantitative estimate of drug-likeness (QED) is 0.755. The summed E-state index contributed by atoms with van der Waals surface area (Å²) in [5.74, 6) is 0.432. The molecule has 1 aromatic carbocycles. The molecule has 1 atom stereocenters. The summed E-state index contributed by atoms with van der Waals surface area (Å²) in [5.41, 5.74) is 2.07. The molecule has 4 heteroatoms. The number of anilines is 1. The van der Waals surface area contributed by atoms with Crippen LogP contribution in [-0.4, -0.2) is 13.1 Å². The summed E-state index contributed by atoms with van der Waals surface area (Å²) in [7, 11) is 0. The third-order valence-corrected chi connectivity index (χ3v) is 3.15. The largest absolute Gasteiger partial charge is 0.370 e. The third kappa shape index (κ3) is 3.80. The van der Waals surface area contributed by atoms with Crippen molar-refractivity contribution >= 4 is 28.9 Å². The Morgan fingerprint density at radius 1 is 1.47 bits per heavy atom. The number of hydrogen-bond acceptors (Lipinski definition) is 2. The fourth-order valence-electron chi connectivity index (χ4n) is 1.71. The van der Waals surface area contributed by atoms with Crippen LogP contribution in [0.5, 0.6) is 0 Å². The Bertz CT molecular complexity index is 412. The molecule has 17 heavy (non-hydrogen) atoms. The van der Waals surface area contributed by atoms with E-state index in [9.17, 15) is 0 Å². The van der Waals surface area contributed by atoms with Crippen LogP contribution in [0.15, 0.2) is 18.2 Å². The molecule has 0 aromatic heterocycles. The van der Waals surface area contributed by atoms with E-state index in [2.05, 4.69) is 17.9 Å². The minimum absolute atomic E-state index is 0.0166. The summed E-state index contributed by atoms with van der Waals surface area (Å²) >= 11 is 11.9. The molecule has 92 valence electrons. The summed E-state index contributed by atoms with van der Waals surface area (Å²) in [6.45, 7) is 5.49. The maximum absolute atomic E-state index is 8.88. The second kappa shape index (κ2) is 6.74. The summed E-state index contributed by atoms with van der Waals surface area (Å²) in [4.78, 5) is 2.14. The van der Waals surface area contributed by atoms with Gasteiger partial charge in [0.25, 0.3) is 0 Å². The van der Waals surface area contributed by atoms with E-state index < -0.39 is 0 Å². The molecule has 2 nitrogen and oxygen atoms in total. The minimum Gasteiger partial charge on any atom is -0.370 e. The number of nitrogens with zero attached hydrogens (tertiary/aromatic N) is 2. The van der Waals surface area contributed by atoms with E-state index in [0.717, 1.165) is 17.8 Å². The molecule has 0 N–H and O–H groups in total. The third-order valence-electron chi connectivity index (χ3n) is 2.63. The van der Waals surface area contributed by atoms with Gasteiger partial charge in [-0.3, -0.25) is 0 Å². The van der Waals surface area contributed by atoms with Crippen LogP contribution >= 0.6 is 23.2 Å². The molecule has 0 aliphatic carbocycles. The van der Waals surface area contributed by atoms with E-state index in [-0.39, 0.29) is 5.92 Å². The van der Waals surface area contributed by atoms with Gasteiger partial charge in [-0.05, 0) is 31.5 Å². The van der Waals surface area contributed by atoms with Crippen molar-refractivity contribution in [3.8, 4) is 6.07 Å². The van der Waals surface area contributed by atoms with E-state index in [0.29, 0.717) is 17.4 Å². The van der Waals surface area contributed by atoms with Crippen molar-refractivity contribution in [3.63, 3.8) is 0 Å². The zero-order valence-corrected chi connectivity index (χ0v) is 11.6. The van der Waals surface area contributed by atoms with E-state index in [4.69, 9.17) is 28.5 Å². The number of hydrogen-bond donors (Lipinski definition) is 0. The highest BCUT2D eigenvalue weighted by atomic mass is 35.5. The molecule has 0 spiro atoms. The fraction of sp³-hybridized carbons (Fsp3) is 0.462. The Kier molecular flexibility index (Phi) is 5.61. The highest BCUT2D eigenvalue weighted by Gasteiger charge is 2.13. The summed E-state index contributed by atoms with van der Waals surface area (Å²) in [5, 5.41) is 9.57. The van der Waals surface area contributed by atoms with Gasteiger partial charge < -0.3 is 4.90 Å². The first-order chi connectivity index (χ1) is 8.12. The zero-order chi connectivity index (χ0) is 12.8. The molecule has 0 bridgehead atoms. The van der Waals surface area contributed by atoms with Gasteiger partial charge in [-0.25, -0.2) is 0 Å². The molecule has 0 heterocycles. The Hall–Kier alpha value is -0.910. The average Bonchev–Trinajstić information content (AvgIpc) is 2.35. The molecule has 0 saturated carbocycles. The molecule has 1 rings (SSSR count). The minimum atomic E-state index is -0.0166. The summed E-state index contributed by atoms with van der Waals surface area (Å²) in [6, 6.07) is 7.93. The van der Waals surface area contributed by atoms with Crippen LogP contribution in [0.25, 0.3) is 0 Å². The second-order valence-electron chi connectivity index (χ2n) is 3.98. The standard InChI is InChI=1S/C13H16Cl2N2/c1-3-17(9-10(2)8-16)13-6-12(15)5-4-11(13)7-14/h4-6,10H,3,7,9H2,1-2H3. The van der Waals surface area contributed by atoms with Crippen molar-refractivity contribution in [3.05, 3.63) is 28.8 Å². The van der Waals surface area contributed by atoms with Crippen LogP contribution < -0.4 is 4.90 Å². The Morgan fingerprint density at radius 2 is 2.18 bits per heavy atom. The first kappa shape index (κ1) is 14.2. The van der Waals surface area contributed by atoms with Crippen molar-refractivity contribution in [1.82, 2.24) is 0 Å². The van der Waals surface area contributed by atoms with Crippen molar-refractivity contribution in [2.45, 2.75) is 19.7 Å². The maximum atomic E-state index is 8.88. The molecule has 1 aromatic rings. The van der Waals surface area contributed by atoms with Crippen LogP contribution in [-0.2, 0) is 5.88 Å². The Morgan fingerprint density at radius 3 is 2.71 bits per heavy atom. The molecule has 1 unspecified atom stereocenters. The van der Waals surface area contributed by atoms with Gasteiger partial charge in [0.05, 0.1) is 12.0 Å². The van der Waals surface area contributed by atoms with Gasteiger partial charge in [0, 0.05) is 29.7 Å². The molecule has 0 fully saturated rings. The van der Waals surface area contributed by atoms with Crippen molar-refractivity contribution in [1.29, 1.82) is 5.26 Å². The van der Waals surface area contributed by atoms with Gasteiger partial charge in [0.15, 0.2) is 0 Å². The van der Waals surface area contributed by atoms with E-state index in [1.165, 1.54) is 0 Å². The van der Waals surface area contributed by atoms with Gasteiger partial charge in [-0.1, -0.05) is 17.7 Å². The number of halogens is 2. The van der Waals surface area contributed by atoms with Gasteiger partial charge >= 0.3 is 0 Å². The highest BCUT2D eigenvalue weighted by molar-refractivity contribution is 6.31. The number of nitriles is 1. The molecule has 0 saturated heterocycles. The lowest BCUT2D eigenvalue weighted by molar-refractivity contribution is 0.684. The maximum Gasteiger partial charge on any atom is 0.0671 e. The number of rotatable bonds is 5. The monoisotopic (exact) mass is 270 g/mol. The van der Waals surface area contributed by atoms with Gasteiger partial charge in [0.1, 0.15) is 0 Å². The van der Waals surface area contributed by atoms with Gasteiger partial charge in [-0.2, -0.15) is 5.26 Å². The van der Waals surface area contributed by atoms with Crippen LogP contribution in [0.3, 0.4) is 0 Å². The van der Waals surface area contributed by atoms with E-state index in [1.807, 2.05) is 25.1 Å². The van der Waals surface area contributed by atoms with E-state index >= 15 is 0 Å². The molecule has 0 radical (unpaired) electrons. The van der Waals surface area contributed by atoms with Crippen LogP contribution in [0, 0.1) is 17.2 Å². The number of benzene rings is 1. The normalized spacial score (nSPS) is 11.9.